The van der Waals surface area contributed by atoms with Crippen LogP contribution in [0.2, 0.25) is 0 Å². The zero-order valence-corrected chi connectivity index (χ0v) is 9.95. The fourth-order valence-corrected chi connectivity index (χ4v) is 1.34. The summed E-state index contributed by atoms with van der Waals surface area (Å²) in [5.41, 5.74) is -1.38. The Balaban J connectivity index is 2.94. The number of nitriles is 1. The van der Waals surface area contributed by atoms with Crippen LogP contribution in [0.5, 0.6) is 0 Å². The summed E-state index contributed by atoms with van der Waals surface area (Å²) in [7, 11) is 0. The molecule has 0 aliphatic rings. The van der Waals surface area contributed by atoms with E-state index >= 15 is 0 Å². The molecule has 0 saturated carbocycles. The molecule has 1 atom stereocenters. The molecule has 0 spiro atoms. The Morgan fingerprint density at radius 1 is 1.53 bits per heavy atom. The second-order valence-electron chi connectivity index (χ2n) is 3.99. The molecular weight excluding hydrogens is 261 g/mol. The van der Waals surface area contributed by atoms with Crippen molar-refractivity contribution in [2.75, 3.05) is 11.9 Å². The Morgan fingerprint density at radius 3 is 2.63 bits per heavy atom. The number of alkyl halides is 3. The first kappa shape index (κ1) is 14.8. The van der Waals surface area contributed by atoms with E-state index in [2.05, 4.69) is 5.32 Å². The Hall–Kier alpha value is -2.23. The average molecular weight is 272 g/mol. The summed E-state index contributed by atoms with van der Waals surface area (Å²) in [4.78, 5) is 10.6. The molecule has 0 aliphatic carbocycles. The van der Waals surface area contributed by atoms with Crippen LogP contribution in [0.15, 0.2) is 18.2 Å². The summed E-state index contributed by atoms with van der Waals surface area (Å²) >= 11 is 0. The molecule has 7 heteroatoms. The Bertz CT molecular complexity index is 521. The third kappa shape index (κ3) is 3.88. The number of halogens is 3. The normalized spacial score (nSPS) is 12.6. The lowest BCUT2D eigenvalue weighted by molar-refractivity contribution is -0.140. The van der Waals surface area contributed by atoms with Gasteiger partial charge in [0.15, 0.2) is 0 Å². The van der Waals surface area contributed by atoms with Gasteiger partial charge >= 0.3 is 12.1 Å². The Kier molecular flexibility index (Phi) is 4.38. The second-order valence-corrected chi connectivity index (χ2v) is 3.99. The first-order valence-corrected chi connectivity index (χ1v) is 5.33. The molecule has 0 fully saturated rings. The highest BCUT2D eigenvalue weighted by molar-refractivity contribution is 5.70. The van der Waals surface area contributed by atoms with Crippen LogP contribution in [-0.4, -0.2) is 17.6 Å². The van der Waals surface area contributed by atoms with Crippen molar-refractivity contribution in [1.82, 2.24) is 0 Å². The van der Waals surface area contributed by atoms with Gasteiger partial charge in [0.2, 0.25) is 0 Å². The first-order chi connectivity index (χ1) is 8.75. The molecule has 1 aromatic rings. The number of anilines is 1. The zero-order valence-electron chi connectivity index (χ0n) is 9.95. The summed E-state index contributed by atoms with van der Waals surface area (Å²) in [6.45, 7) is 1.43. The predicted molar refractivity (Wildman–Crippen MR) is 61.4 cm³/mol. The average Bonchev–Trinajstić information content (AvgIpc) is 2.34. The molecule has 0 radical (unpaired) electrons. The Morgan fingerprint density at radius 2 is 2.16 bits per heavy atom. The number of benzene rings is 1. The predicted octanol–water partition coefficient (Wildman–Crippen LogP) is 2.71. The molecule has 102 valence electrons. The van der Waals surface area contributed by atoms with Crippen molar-refractivity contribution in [3.05, 3.63) is 29.3 Å². The topological polar surface area (TPSA) is 73.1 Å². The number of hydrogen-bond acceptors (Lipinski definition) is 3. The summed E-state index contributed by atoms with van der Waals surface area (Å²) in [6, 6.07) is 4.63. The van der Waals surface area contributed by atoms with Crippen LogP contribution in [0.4, 0.5) is 18.9 Å². The van der Waals surface area contributed by atoms with Gasteiger partial charge in [-0.2, -0.15) is 18.4 Å². The van der Waals surface area contributed by atoms with E-state index in [0.29, 0.717) is 0 Å². The molecule has 0 bridgehead atoms. The lowest BCUT2D eigenvalue weighted by atomic mass is 10.1. The molecule has 0 heterocycles. The molecular formula is C12H11F3N2O2. The number of nitrogens with zero attached hydrogens (tertiary/aromatic N) is 1. The van der Waals surface area contributed by atoms with Crippen molar-refractivity contribution in [3.63, 3.8) is 0 Å². The van der Waals surface area contributed by atoms with Crippen LogP contribution in [0.3, 0.4) is 0 Å². The monoisotopic (exact) mass is 272 g/mol. The van der Waals surface area contributed by atoms with Gasteiger partial charge in [-0.1, -0.05) is 6.92 Å². The van der Waals surface area contributed by atoms with E-state index in [1.54, 1.807) is 0 Å². The van der Waals surface area contributed by atoms with Crippen LogP contribution in [0.25, 0.3) is 0 Å². The minimum absolute atomic E-state index is 0.00146. The summed E-state index contributed by atoms with van der Waals surface area (Å²) in [5, 5.41) is 19.9. The number of carboxylic acid groups (broad SMARTS) is 1. The third-order valence-corrected chi connectivity index (χ3v) is 2.48. The molecule has 1 unspecified atom stereocenters. The van der Waals surface area contributed by atoms with Gasteiger partial charge in [-0.3, -0.25) is 4.79 Å². The number of hydrogen-bond donors (Lipinski definition) is 2. The van der Waals surface area contributed by atoms with Gasteiger partial charge in [0.05, 0.1) is 23.1 Å². The largest absolute Gasteiger partial charge is 0.481 e. The van der Waals surface area contributed by atoms with E-state index in [0.717, 1.165) is 12.1 Å². The zero-order chi connectivity index (χ0) is 14.6. The van der Waals surface area contributed by atoms with Gasteiger partial charge < -0.3 is 10.4 Å². The highest BCUT2D eigenvalue weighted by atomic mass is 19.4. The highest BCUT2D eigenvalue weighted by Crippen LogP contribution is 2.33. The van der Waals surface area contributed by atoms with Crippen LogP contribution < -0.4 is 5.32 Å². The number of rotatable bonds is 4. The van der Waals surface area contributed by atoms with Gasteiger partial charge in [-0.25, -0.2) is 0 Å². The van der Waals surface area contributed by atoms with Crippen molar-refractivity contribution < 1.29 is 23.1 Å². The second kappa shape index (κ2) is 5.61. The van der Waals surface area contributed by atoms with E-state index in [-0.39, 0.29) is 12.2 Å². The molecule has 0 saturated heterocycles. The van der Waals surface area contributed by atoms with Gasteiger partial charge in [-0.05, 0) is 18.2 Å². The quantitative estimate of drug-likeness (QED) is 0.883. The van der Waals surface area contributed by atoms with Crippen LogP contribution >= 0.6 is 0 Å². The third-order valence-electron chi connectivity index (χ3n) is 2.48. The Labute approximate surface area is 107 Å². The molecule has 0 aromatic heterocycles. The molecule has 2 N–H and O–H groups in total. The maximum Gasteiger partial charge on any atom is 0.417 e. The van der Waals surface area contributed by atoms with E-state index in [9.17, 15) is 18.0 Å². The molecule has 0 aliphatic heterocycles. The van der Waals surface area contributed by atoms with Crippen LogP contribution in [0.1, 0.15) is 18.1 Å². The maximum atomic E-state index is 12.7. The first-order valence-electron chi connectivity index (χ1n) is 5.33. The van der Waals surface area contributed by atoms with Crippen molar-refractivity contribution in [3.8, 4) is 6.07 Å². The van der Waals surface area contributed by atoms with Gasteiger partial charge in [0.25, 0.3) is 0 Å². The summed E-state index contributed by atoms with van der Waals surface area (Å²) in [6.07, 6.45) is -4.62. The molecule has 0 amide bonds. The summed E-state index contributed by atoms with van der Waals surface area (Å²) < 4.78 is 38.0. The smallest absolute Gasteiger partial charge is 0.417 e. The van der Waals surface area contributed by atoms with Crippen molar-refractivity contribution >= 4 is 11.7 Å². The van der Waals surface area contributed by atoms with Gasteiger partial charge in [0, 0.05) is 12.2 Å². The van der Waals surface area contributed by atoms with Crippen LogP contribution in [-0.2, 0) is 11.0 Å². The van der Waals surface area contributed by atoms with Crippen LogP contribution in [0, 0.1) is 17.2 Å². The minimum Gasteiger partial charge on any atom is -0.481 e. The number of carboxylic acids is 1. The fraction of sp³-hybridized carbons (Fsp3) is 0.333. The number of aliphatic carboxylic acids is 1. The van der Waals surface area contributed by atoms with E-state index in [1.165, 1.54) is 19.1 Å². The van der Waals surface area contributed by atoms with E-state index < -0.39 is 29.2 Å². The molecule has 1 aromatic carbocycles. The molecule has 4 nitrogen and oxygen atoms in total. The van der Waals surface area contributed by atoms with Crippen molar-refractivity contribution in [2.45, 2.75) is 13.1 Å². The van der Waals surface area contributed by atoms with E-state index in [1.807, 2.05) is 0 Å². The number of carbonyl (C=O) groups is 1. The standard InChI is InChI=1S/C12H11F3N2O2/c1-7(11(18)19)6-17-9-3-2-8(5-16)10(4-9)12(13,14)15/h2-4,7,17H,6H2,1H3,(H,18,19). The number of nitrogens with one attached hydrogen (secondary N) is 1. The minimum atomic E-state index is -4.62. The maximum absolute atomic E-state index is 12.7. The van der Waals surface area contributed by atoms with E-state index in [4.69, 9.17) is 10.4 Å². The molecule has 1 rings (SSSR count). The van der Waals surface area contributed by atoms with Crippen molar-refractivity contribution in [2.24, 2.45) is 5.92 Å². The summed E-state index contributed by atoms with van der Waals surface area (Å²) in [5.74, 6) is -1.78. The molecule has 19 heavy (non-hydrogen) atoms. The lowest BCUT2D eigenvalue weighted by Crippen LogP contribution is -2.20. The van der Waals surface area contributed by atoms with Gasteiger partial charge in [-0.15, -0.1) is 0 Å². The SMILES string of the molecule is CC(CNc1ccc(C#N)c(C(F)(F)F)c1)C(=O)O. The lowest BCUT2D eigenvalue weighted by Gasteiger charge is -2.13. The van der Waals surface area contributed by atoms with Gasteiger partial charge in [0.1, 0.15) is 0 Å². The fourth-order valence-electron chi connectivity index (χ4n) is 1.34. The van der Waals surface area contributed by atoms with Crippen molar-refractivity contribution in [1.29, 1.82) is 5.26 Å². The highest BCUT2D eigenvalue weighted by Gasteiger charge is 2.33.